The molecule has 3 N–H and O–H groups in total. The second-order valence-electron chi connectivity index (χ2n) is 7.49. The minimum absolute atomic E-state index is 0.191. The van der Waals surface area contributed by atoms with E-state index in [1.807, 2.05) is 38.1 Å². The maximum Gasteiger partial charge on any atom is 0.261 e. The molecule has 2 amide bonds. The third-order valence-corrected chi connectivity index (χ3v) is 5.09. The third kappa shape index (κ3) is 4.27. The first kappa shape index (κ1) is 18.9. The van der Waals surface area contributed by atoms with Crippen LogP contribution >= 0.6 is 0 Å². The molecule has 142 valence electrons. The van der Waals surface area contributed by atoms with E-state index < -0.39 is 5.91 Å². The van der Waals surface area contributed by atoms with Crippen molar-refractivity contribution in [3.63, 3.8) is 0 Å². The average Bonchev–Trinajstić information content (AvgIpc) is 3.09. The van der Waals surface area contributed by atoms with Crippen LogP contribution in [0.2, 0.25) is 0 Å². The zero-order valence-corrected chi connectivity index (χ0v) is 15.7. The van der Waals surface area contributed by atoms with E-state index >= 15 is 0 Å². The van der Waals surface area contributed by atoms with Crippen molar-refractivity contribution in [3.05, 3.63) is 69.1 Å². The van der Waals surface area contributed by atoms with E-state index in [1.54, 1.807) is 17.0 Å². The number of nitrogens with one attached hydrogen (secondary N) is 1. The minimum atomic E-state index is -0.441. The summed E-state index contributed by atoms with van der Waals surface area (Å²) in [6, 6.07) is 10.7. The van der Waals surface area contributed by atoms with Crippen LogP contribution < -0.4 is 11.3 Å². The minimum Gasteiger partial charge on any atom is -0.366 e. The van der Waals surface area contributed by atoms with E-state index in [2.05, 4.69) is 4.98 Å². The van der Waals surface area contributed by atoms with Gasteiger partial charge in [0.2, 0.25) is 5.91 Å². The molecule has 0 aliphatic carbocycles. The van der Waals surface area contributed by atoms with Crippen LogP contribution in [-0.4, -0.2) is 34.8 Å². The van der Waals surface area contributed by atoms with Gasteiger partial charge in [0.05, 0.1) is 0 Å². The van der Waals surface area contributed by atoms with Gasteiger partial charge < -0.3 is 15.6 Å². The molecule has 1 atom stereocenters. The molecular weight excluding hydrogens is 342 g/mol. The van der Waals surface area contributed by atoms with E-state index in [0.29, 0.717) is 24.6 Å². The van der Waals surface area contributed by atoms with Gasteiger partial charge in [-0.1, -0.05) is 26.0 Å². The fourth-order valence-electron chi connectivity index (χ4n) is 3.53. The number of carbonyl (C=O) groups excluding carboxylic acids is 2. The summed E-state index contributed by atoms with van der Waals surface area (Å²) in [5.74, 6) is -0.163. The van der Waals surface area contributed by atoms with Gasteiger partial charge in [-0.2, -0.15) is 0 Å². The highest BCUT2D eigenvalue weighted by Gasteiger charge is 2.28. The van der Waals surface area contributed by atoms with Crippen LogP contribution in [0, 0.1) is 5.92 Å². The van der Waals surface area contributed by atoms with Crippen LogP contribution in [0.25, 0.3) is 0 Å². The number of hydrogen-bond donors (Lipinski definition) is 2. The molecule has 6 heteroatoms. The molecule has 0 spiro atoms. The highest BCUT2D eigenvalue weighted by atomic mass is 16.2. The van der Waals surface area contributed by atoms with E-state index in [1.165, 1.54) is 0 Å². The van der Waals surface area contributed by atoms with Crippen LogP contribution in [0.1, 0.15) is 58.2 Å². The zero-order chi connectivity index (χ0) is 19.6. The van der Waals surface area contributed by atoms with Crippen LogP contribution in [0.4, 0.5) is 0 Å². The van der Waals surface area contributed by atoms with Gasteiger partial charge in [0.1, 0.15) is 5.56 Å². The second-order valence-corrected chi connectivity index (χ2v) is 7.49. The number of benzene rings is 1. The maximum atomic E-state index is 12.7. The number of likely N-dealkylation sites (tertiary alicyclic amines) is 1. The van der Waals surface area contributed by atoms with E-state index in [-0.39, 0.29) is 22.9 Å². The van der Waals surface area contributed by atoms with Crippen LogP contribution in [0.15, 0.2) is 41.2 Å². The zero-order valence-electron chi connectivity index (χ0n) is 15.7. The molecule has 27 heavy (non-hydrogen) atoms. The molecule has 0 saturated carbocycles. The molecule has 1 aromatic carbocycles. The molecule has 0 radical (unpaired) electrons. The molecule has 1 aliphatic rings. The van der Waals surface area contributed by atoms with E-state index in [0.717, 1.165) is 24.1 Å². The molecule has 1 saturated heterocycles. The first-order chi connectivity index (χ1) is 12.8. The predicted molar refractivity (Wildman–Crippen MR) is 104 cm³/mol. The van der Waals surface area contributed by atoms with Gasteiger partial charge in [0.25, 0.3) is 11.5 Å². The highest BCUT2D eigenvalue weighted by molar-refractivity contribution is 5.94. The average molecular weight is 367 g/mol. The number of hydrogen-bond acceptors (Lipinski definition) is 3. The van der Waals surface area contributed by atoms with Crippen molar-refractivity contribution in [2.45, 2.75) is 32.6 Å². The Balaban J connectivity index is 1.67. The summed E-state index contributed by atoms with van der Waals surface area (Å²) >= 11 is 0. The lowest BCUT2D eigenvalue weighted by molar-refractivity contribution is 0.0785. The normalized spacial score (nSPS) is 16.7. The number of primary amides is 1. The number of aromatic amines is 1. The summed E-state index contributed by atoms with van der Waals surface area (Å²) in [7, 11) is 0. The molecule has 2 heterocycles. The maximum absolute atomic E-state index is 12.7. The smallest absolute Gasteiger partial charge is 0.261 e. The van der Waals surface area contributed by atoms with Crippen LogP contribution in [0.3, 0.4) is 0 Å². The molecule has 0 unspecified atom stereocenters. The monoisotopic (exact) mass is 367 g/mol. The Hall–Kier alpha value is -2.89. The van der Waals surface area contributed by atoms with Crippen LogP contribution in [-0.2, 0) is 6.42 Å². The Labute approximate surface area is 158 Å². The Morgan fingerprint density at radius 1 is 1.26 bits per heavy atom. The Morgan fingerprint density at radius 3 is 2.70 bits per heavy atom. The predicted octanol–water partition coefficient (Wildman–Crippen LogP) is 2.30. The topological polar surface area (TPSA) is 96.3 Å². The number of amides is 2. The lowest BCUT2D eigenvalue weighted by atomic mass is 9.97. The Kier molecular flexibility index (Phi) is 5.44. The van der Waals surface area contributed by atoms with Crippen LogP contribution in [0.5, 0.6) is 0 Å². The van der Waals surface area contributed by atoms with Crippen molar-refractivity contribution in [1.82, 2.24) is 9.88 Å². The molecule has 2 aromatic rings. The van der Waals surface area contributed by atoms with Gasteiger partial charge >= 0.3 is 0 Å². The number of carbonyl (C=O) groups is 2. The highest BCUT2D eigenvalue weighted by Crippen LogP contribution is 2.22. The Bertz CT molecular complexity index is 917. The van der Waals surface area contributed by atoms with Gasteiger partial charge in [-0.15, -0.1) is 0 Å². The third-order valence-electron chi connectivity index (χ3n) is 5.09. The van der Waals surface area contributed by atoms with Crippen molar-refractivity contribution in [1.29, 1.82) is 0 Å². The van der Waals surface area contributed by atoms with Gasteiger partial charge in [0, 0.05) is 24.3 Å². The van der Waals surface area contributed by atoms with Gasteiger partial charge in [-0.05, 0) is 54.5 Å². The first-order valence-corrected chi connectivity index (χ1v) is 9.26. The summed E-state index contributed by atoms with van der Waals surface area (Å²) < 4.78 is 0. The van der Waals surface area contributed by atoms with Crippen molar-refractivity contribution >= 4 is 11.8 Å². The number of nitrogens with two attached hydrogens (primary N) is 1. The molecule has 1 aliphatic heterocycles. The molecule has 6 nitrogen and oxygen atoms in total. The van der Waals surface area contributed by atoms with Gasteiger partial charge in [-0.25, -0.2) is 0 Å². The molecule has 1 fully saturated rings. The summed E-state index contributed by atoms with van der Waals surface area (Å²) in [6.45, 7) is 5.21. The summed E-state index contributed by atoms with van der Waals surface area (Å²) in [5, 5.41) is 0. The number of pyridine rings is 1. The van der Waals surface area contributed by atoms with E-state index in [9.17, 15) is 14.4 Å². The first-order valence-electron chi connectivity index (χ1n) is 9.26. The SMILES string of the molecule is CC(C)c1ccc(C(=O)N2CC[C@@H](Cc3cccc(C(N)=O)c3)C2)c(=O)[nH]1. The number of aromatic nitrogens is 1. The number of rotatable bonds is 5. The summed E-state index contributed by atoms with van der Waals surface area (Å²) in [5.41, 5.74) is 7.55. The van der Waals surface area contributed by atoms with Gasteiger partial charge in [-0.3, -0.25) is 14.4 Å². The van der Waals surface area contributed by atoms with Crippen molar-refractivity contribution in [2.24, 2.45) is 11.7 Å². The lowest BCUT2D eigenvalue weighted by Crippen LogP contribution is -2.33. The quantitative estimate of drug-likeness (QED) is 0.849. The van der Waals surface area contributed by atoms with Gasteiger partial charge in [0.15, 0.2) is 0 Å². The van der Waals surface area contributed by atoms with Crippen molar-refractivity contribution in [2.75, 3.05) is 13.1 Å². The summed E-state index contributed by atoms with van der Waals surface area (Å²) in [6.07, 6.45) is 1.64. The fraction of sp³-hybridized carbons (Fsp3) is 0.381. The molecular formula is C21H25N3O3. The lowest BCUT2D eigenvalue weighted by Gasteiger charge is -2.17. The second kappa shape index (κ2) is 7.78. The molecule has 1 aromatic heterocycles. The van der Waals surface area contributed by atoms with Crippen molar-refractivity contribution in [3.8, 4) is 0 Å². The molecule has 0 bridgehead atoms. The number of nitrogens with zero attached hydrogens (tertiary/aromatic N) is 1. The molecule has 3 rings (SSSR count). The summed E-state index contributed by atoms with van der Waals surface area (Å²) in [4.78, 5) is 40.9. The van der Waals surface area contributed by atoms with E-state index in [4.69, 9.17) is 5.73 Å². The standard InChI is InChI=1S/C21H25N3O3/c1-13(2)18-7-6-17(20(26)23-18)21(27)24-9-8-15(12-24)10-14-4-3-5-16(11-14)19(22)25/h3-7,11,13,15H,8-10,12H2,1-2H3,(H2,22,25)(H,23,26)/t15-/m0/s1. The largest absolute Gasteiger partial charge is 0.366 e. The number of H-pyrrole nitrogens is 1. The van der Waals surface area contributed by atoms with Crippen molar-refractivity contribution < 1.29 is 9.59 Å². The fourth-order valence-corrected chi connectivity index (χ4v) is 3.53. The Morgan fingerprint density at radius 2 is 2.04 bits per heavy atom.